The Kier molecular flexibility index (Phi) is 10.4. The molecule has 0 bridgehead atoms. The quantitative estimate of drug-likeness (QED) is 0.226. The summed E-state index contributed by atoms with van der Waals surface area (Å²) in [6.45, 7) is 5.50. The van der Waals surface area contributed by atoms with E-state index in [2.05, 4.69) is 32.4 Å². The highest BCUT2D eigenvalue weighted by molar-refractivity contribution is 5.96. The van der Waals surface area contributed by atoms with E-state index in [1.807, 2.05) is 0 Å². The maximum absolute atomic E-state index is 12.5. The summed E-state index contributed by atoms with van der Waals surface area (Å²) < 4.78 is 21.7. The maximum atomic E-state index is 12.5. The molecule has 1 N–H and O–H groups in total. The minimum absolute atomic E-state index is 0.160. The molecule has 2 aromatic heterocycles. The van der Waals surface area contributed by atoms with Gasteiger partial charge in [0.05, 0.1) is 0 Å². The second-order valence-electron chi connectivity index (χ2n) is 9.00. The molecule has 1 amide bonds. The first-order chi connectivity index (χ1) is 18.2. The number of carbonyl (C=O) groups excluding carboxylic acids is 4. The average molecular weight is 535 g/mol. The van der Waals surface area contributed by atoms with Crippen LogP contribution in [0.5, 0.6) is 0 Å². The number of hydrogen-bond acceptors (Lipinski definition) is 12. The van der Waals surface area contributed by atoms with Crippen molar-refractivity contribution in [3.05, 3.63) is 6.33 Å². The number of amides is 1. The van der Waals surface area contributed by atoms with Gasteiger partial charge in [-0.15, -0.1) is 15.0 Å². The molecule has 0 saturated carbocycles. The van der Waals surface area contributed by atoms with Crippen molar-refractivity contribution in [3.63, 3.8) is 0 Å². The van der Waals surface area contributed by atoms with Crippen LogP contribution >= 0.6 is 0 Å². The van der Waals surface area contributed by atoms with Gasteiger partial charge in [-0.1, -0.05) is 39.0 Å². The fourth-order valence-corrected chi connectivity index (χ4v) is 4.10. The number of ether oxygens (including phenoxy) is 4. The van der Waals surface area contributed by atoms with Crippen molar-refractivity contribution in [1.82, 2.24) is 25.0 Å². The second kappa shape index (κ2) is 13.7. The lowest BCUT2D eigenvalue weighted by Gasteiger charge is -2.22. The Morgan fingerprint density at radius 1 is 0.921 bits per heavy atom. The van der Waals surface area contributed by atoms with Gasteiger partial charge in [0, 0.05) is 27.2 Å². The van der Waals surface area contributed by atoms with E-state index in [1.54, 1.807) is 0 Å². The third-order valence-electron chi connectivity index (χ3n) is 5.79. The van der Waals surface area contributed by atoms with Crippen LogP contribution in [-0.2, 0) is 38.1 Å². The lowest BCUT2D eigenvalue weighted by atomic mass is 10.1. The average Bonchev–Trinajstić information content (AvgIpc) is 3.42. The van der Waals surface area contributed by atoms with Crippen LogP contribution < -0.4 is 5.32 Å². The summed E-state index contributed by atoms with van der Waals surface area (Å²) in [7, 11) is 0. The number of carbonyl (C=O) groups is 4. The normalized spacial score (nSPS) is 20.7. The first-order valence-electron chi connectivity index (χ1n) is 12.7. The number of esters is 3. The molecular weight excluding hydrogens is 500 g/mol. The topological polar surface area (TPSA) is 174 Å². The van der Waals surface area contributed by atoms with Gasteiger partial charge in [0.2, 0.25) is 17.8 Å². The largest absolute Gasteiger partial charge is 0.463 e. The number of unbranched alkanes of at least 4 members (excludes halogenated alkanes) is 5. The van der Waals surface area contributed by atoms with E-state index in [0.717, 1.165) is 36.9 Å². The highest BCUT2D eigenvalue weighted by Crippen LogP contribution is 2.34. The predicted molar refractivity (Wildman–Crippen MR) is 131 cm³/mol. The van der Waals surface area contributed by atoms with Gasteiger partial charge < -0.3 is 24.3 Å². The monoisotopic (exact) mass is 534 g/mol. The van der Waals surface area contributed by atoms with Crippen LogP contribution in [0.3, 0.4) is 0 Å². The molecule has 0 aromatic carbocycles. The standard InChI is InChI=1S/C24H34N6O8/c1-5-6-7-8-9-10-11-18(34)27-22-19-23(26-13-25-22)29-30(28-19)24-21(37-16(4)33)20(36-15(3)32)17(38-24)12-35-14(2)31/h13,17,20-21,24H,5-12H2,1-4H3,(H,25,26,27,29,34)/t17-,20-,21-,24-/m1/s1. The zero-order valence-electron chi connectivity index (χ0n) is 22.0. The van der Waals surface area contributed by atoms with Crippen molar-refractivity contribution in [2.75, 3.05) is 11.9 Å². The van der Waals surface area contributed by atoms with Crippen LogP contribution in [0.1, 0.15) is 78.9 Å². The molecule has 38 heavy (non-hydrogen) atoms. The van der Waals surface area contributed by atoms with Gasteiger partial charge in [-0.3, -0.25) is 19.2 Å². The molecule has 1 aliphatic rings. The first-order valence-corrected chi connectivity index (χ1v) is 12.7. The van der Waals surface area contributed by atoms with Crippen molar-refractivity contribution in [2.24, 2.45) is 0 Å². The first kappa shape index (κ1) is 28.9. The van der Waals surface area contributed by atoms with E-state index < -0.39 is 42.4 Å². The molecule has 4 atom stereocenters. The summed E-state index contributed by atoms with van der Waals surface area (Å²) in [6.07, 6.45) is 3.55. The molecule has 3 heterocycles. The SMILES string of the molecule is CCCCCCCCC(=O)Nc1ncnc2nn([C@@H]3O[C@H](COC(C)=O)[C@@H](OC(C)=O)[C@H]3OC(C)=O)nc12. The maximum Gasteiger partial charge on any atom is 0.303 e. The summed E-state index contributed by atoms with van der Waals surface area (Å²) in [5.41, 5.74) is 0.356. The number of anilines is 1. The minimum atomic E-state index is -1.16. The minimum Gasteiger partial charge on any atom is -0.463 e. The molecule has 1 fully saturated rings. The fourth-order valence-electron chi connectivity index (χ4n) is 4.10. The Hall–Kier alpha value is -3.68. The molecule has 14 nitrogen and oxygen atoms in total. The molecule has 14 heteroatoms. The number of aromatic nitrogens is 5. The predicted octanol–water partition coefficient (Wildman–Crippen LogP) is 2.23. The van der Waals surface area contributed by atoms with Gasteiger partial charge in [0.25, 0.3) is 0 Å². The van der Waals surface area contributed by atoms with Gasteiger partial charge in [-0.25, -0.2) is 9.97 Å². The highest BCUT2D eigenvalue weighted by atomic mass is 16.7. The fraction of sp³-hybridized carbons (Fsp3) is 0.667. The summed E-state index contributed by atoms with van der Waals surface area (Å²) in [6, 6.07) is 0. The van der Waals surface area contributed by atoms with Crippen LogP contribution in [0, 0.1) is 0 Å². The Bertz CT molecular complexity index is 1140. The van der Waals surface area contributed by atoms with E-state index in [9.17, 15) is 19.2 Å². The Balaban J connectivity index is 1.80. The van der Waals surface area contributed by atoms with E-state index >= 15 is 0 Å². The molecular formula is C24H34N6O8. The van der Waals surface area contributed by atoms with Gasteiger partial charge in [0.1, 0.15) is 19.0 Å². The third-order valence-corrected chi connectivity index (χ3v) is 5.79. The second-order valence-corrected chi connectivity index (χ2v) is 9.00. The Morgan fingerprint density at radius 3 is 2.29 bits per heavy atom. The van der Waals surface area contributed by atoms with Gasteiger partial charge in [-0.05, 0) is 6.42 Å². The molecule has 1 aliphatic heterocycles. The van der Waals surface area contributed by atoms with Crippen LogP contribution in [0.2, 0.25) is 0 Å². The number of nitrogens with one attached hydrogen (secondary N) is 1. The van der Waals surface area contributed by atoms with Crippen LogP contribution in [-0.4, -0.2) is 73.7 Å². The molecule has 0 unspecified atom stereocenters. The zero-order valence-corrected chi connectivity index (χ0v) is 22.0. The van der Waals surface area contributed by atoms with Crippen LogP contribution in [0.4, 0.5) is 5.82 Å². The van der Waals surface area contributed by atoms with Crippen LogP contribution in [0.25, 0.3) is 11.2 Å². The van der Waals surface area contributed by atoms with Gasteiger partial charge in [0.15, 0.2) is 23.5 Å². The highest BCUT2D eigenvalue weighted by Gasteiger charge is 2.51. The molecule has 208 valence electrons. The van der Waals surface area contributed by atoms with Crippen molar-refractivity contribution >= 4 is 40.8 Å². The Labute approximate surface area is 219 Å². The molecule has 0 spiro atoms. The lowest BCUT2D eigenvalue weighted by molar-refractivity contribution is -0.166. The van der Waals surface area contributed by atoms with Crippen molar-refractivity contribution < 1.29 is 38.1 Å². The number of fused-ring (bicyclic) bond motifs is 1. The molecule has 3 rings (SSSR count). The molecule has 0 aliphatic carbocycles. The summed E-state index contributed by atoms with van der Waals surface area (Å²) in [5, 5.41) is 11.4. The van der Waals surface area contributed by atoms with Crippen molar-refractivity contribution in [3.8, 4) is 0 Å². The lowest BCUT2D eigenvalue weighted by Crippen LogP contribution is -2.40. The van der Waals surface area contributed by atoms with Crippen molar-refractivity contribution in [2.45, 2.75) is 97.2 Å². The van der Waals surface area contributed by atoms with E-state index in [4.69, 9.17) is 18.9 Å². The number of rotatable bonds is 13. The van der Waals surface area contributed by atoms with Gasteiger partial charge in [-0.2, -0.15) is 0 Å². The van der Waals surface area contributed by atoms with Gasteiger partial charge >= 0.3 is 17.9 Å². The molecule has 0 radical (unpaired) electrons. The summed E-state index contributed by atoms with van der Waals surface area (Å²) >= 11 is 0. The molecule has 1 saturated heterocycles. The third kappa shape index (κ3) is 7.91. The summed E-state index contributed by atoms with van der Waals surface area (Å²) in [4.78, 5) is 56.8. The molecule has 2 aromatic rings. The summed E-state index contributed by atoms with van der Waals surface area (Å²) in [5.74, 6) is -1.91. The van der Waals surface area contributed by atoms with Crippen molar-refractivity contribution in [1.29, 1.82) is 0 Å². The smallest absolute Gasteiger partial charge is 0.303 e. The zero-order chi connectivity index (χ0) is 27.7. The Morgan fingerprint density at radius 2 is 1.61 bits per heavy atom. The van der Waals surface area contributed by atoms with E-state index in [0.29, 0.717) is 6.42 Å². The number of nitrogens with zero attached hydrogens (tertiary/aromatic N) is 5. The van der Waals surface area contributed by atoms with Crippen LogP contribution in [0.15, 0.2) is 6.33 Å². The van der Waals surface area contributed by atoms with E-state index in [-0.39, 0.29) is 29.5 Å². The van der Waals surface area contributed by atoms with E-state index in [1.165, 1.54) is 33.5 Å². The number of hydrogen-bond donors (Lipinski definition) is 1.